The Balaban J connectivity index is 2.07. The van der Waals surface area contributed by atoms with Crippen LogP contribution in [0.5, 0.6) is 0 Å². The zero-order valence-electron chi connectivity index (χ0n) is 9.13. The van der Waals surface area contributed by atoms with E-state index in [1.807, 2.05) is 32.0 Å². The molecule has 0 unspecified atom stereocenters. The molecular formula is C12H16N2O. The van der Waals surface area contributed by atoms with Gasteiger partial charge in [0, 0.05) is 18.7 Å². The summed E-state index contributed by atoms with van der Waals surface area (Å²) in [4.78, 5) is 11.8. The van der Waals surface area contributed by atoms with Gasteiger partial charge in [-0.1, -0.05) is 6.07 Å². The molecule has 3 heteroatoms. The smallest absolute Gasteiger partial charge is 0.251 e. The van der Waals surface area contributed by atoms with Crippen LogP contribution in [0.25, 0.3) is 0 Å². The van der Waals surface area contributed by atoms with Crippen LogP contribution in [0.2, 0.25) is 0 Å². The zero-order valence-corrected chi connectivity index (χ0v) is 9.13. The summed E-state index contributed by atoms with van der Waals surface area (Å²) in [5.74, 6) is 0.0320. The zero-order chi connectivity index (χ0) is 10.8. The van der Waals surface area contributed by atoms with Crippen molar-refractivity contribution in [1.29, 1.82) is 0 Å². The van der Waals surface area contributed by atoms with Gasteiger partial charge in [0.05, 0.1) is 6.04 Å². The summed E-state index contributed by atoms with van der Waals surface area (Å²) in [5.41, 5.74) is 3.14. The number of hydrogen-bond donors (Lipinski definition) is 2. The molecule has 0 aromatic heterocycles. The third-order valence-corrected chi connectivity index (χ3v) is 2.89. The molecule has 1 aliphatic heterocycles. The number of carbonyl (C=O) groups is 1. The summed E-state index contributed by atoms with van der Waals surface area (Å²) in [6, 6.07) is 6.11. The van der Waals surface area contributed by atoms with Crippen LogP contribution in [-0.4, -0.2) is 25.0 Å². The lowest BCUT2D eigenvalue weighted by molar-refractivity contribution is 0.0924. The number of aryl methyl sites for hydroxylation is 2. The number of hydrogen-bond acceptors (Lipinski definition) is 2. The topological polar surface area (TPSA) is 41.1 Å². The average molecular weight is 204 g/mol. The Bertz CT molecular complexity index is 383. The van der Waals surface area contributed by atoms with E-state index in [2.05, 4.69) is 10.6 Å². The van der Waals surface area contributed by atoms with E-state index < -0.39 is 0 Å². The van der Waals surface area contributed by atoms with Crippen LogP contribution < -0.4 is 10.6 Å². The van der Waals surface area contributed by atoms with Crippen molar-refractivity contribution >= 4 is 5.91 Å². The predicted octanol–water partition coefficient (Wildman–Crippen LogP) is 1.01. The normalized spacial score (nSPS) is 15.9. The summed E-state index contributed by atoms with van der Waals surface area (Å²) in [7, 11) is 0. The van der Waals surface area contributed by atoms with Crippen LogP contribution in [0.4, 0.5) is 0 Å². The molecule has 0 spiro atoms. The lowest BCUT2D eigenvalue weighted by Crippen LogP contribution is -2.56. The molecule has 0 saturated carbocycles. The fraction of sp³-hybridized carbons (Fsp3) is 0.417. The molecule has 1 aromatic rings. The number of rotatable bonds is 2. The molecule has 1 heterocycles. The van der Waals surface area contributed by atoms with Crippen molar-refractivity contribution in [3.05, 3.63) is 34.9 Å². The Morgan fingerprint density at radius 3 is 2.60 bits per heavy atom. The predicted molar refractivity (Wildman–Crippen MR) is 60.0 cm³/mol. The molecule has 1 fully saturated rings. The van der Waals surface area contributed by atoms with Crippen molar-refractivity contribution in [3.63, 3.8) is 0 Å². The minimum absolute atomic E-state index is 0.0320. The molecule has 3 nitrogen and oxygen atoms in total. The van der Waals surface area contributed by atoms with Crippen LogP contribution in [0.1, 0.15) is 21.5 Å². The number of benzene rings is 1. The van der Waals surface area contributed by atoms with Gasteiger partial charge in [0.25, 0.3) is 5.91 Å². The molecule has 80 valence electrons. The number of amides is 1. The Hall–Kier alpha value is -1.35. The van der Waals surface area contributed by atoms with E-state index in [-0.39, 0.29) is 5.91 Å². The second kappa shape index (κ2) is 4.03. The van der Waals surface area contributed by atoms with Crippen LogP contribution in [-0.2, 0) is 0 Å². The van der Waals surface area contributed by atoms with Crippen LogP contribution in [0, 0.1) is 13.8 Å². The maximum absolute atomic E-state index is 11.8. The first-order valence-electron chi connectivity index (χ1n) is 5.25. The quantitative estimate of drug-likeness (QED) is 0.754. The SMILES string of the molecule is Cc1ccc(C(=O)NC2CNC2)cc1C. The molecule has 0 aliphatic carbocycles. The van der Waals surface area contributed by atoms with Crippen LogP contribution in [0.15, 0.2) is 18.2 Å². The van der Waals surface area contributed by atoms with E-state index >= 15 is 0 Å². The summed E-state index contributed by atoms with van der Waals surface area (Å²) < 4.78 is 0. The Morgan fingerprint density at radius 2 is 2.07 bits per heavy atom. The van der Waals surface area contributed by atoms with E-state index in [1.54, 1.807) is 0 Å². The van der Waals surface area contributed by atoms with Gasteiger partial charge in [-0.3, -0.25) is 4.79 Å². The van der Waals surface area contributed by atoms with Crippen molar-refractivity contribution in [2.45, 2.75) is 19.9 Å². The third-order valence-electron chi connectivity index (χ3n) is 2.89. The molecule has 0 radical (unpaired) electrons. The Kier molecular flexibility index (Phi) is 2.73. The first kappa shape index (κ1) is 10.2. The second-order valence-electron chi connectivity index (χ2n) is 4.13. The molecule has 1 aliphatic rings. The number of carbonyl (C=O) groups excluding carboxylic acids is 1. The minimum Gasteiger partial charge on any atom is -0.347 e. The van der Waals surface area contributed by atoms with E-state index in [0.717, 1.165) is 24.2 Å². The first-order valence-corrected chi connectivity index (χ1v) is 5.25. The van der Waals surface area contributed by atoms with E-state index in [4.69, 9.17) is 0 Å². The van der Waals surface area contributed by atoms with Gasteiger partial charge in [-0.2, -0.15) is 0 Å². The molecule has 0 bridgehead atoms. The molecule has 2 rings (SSSR count). The highest BCUT2D eigenvalue weighted by Crippen LogP contribution is 2.10. The molecule has 0 atom stereocenters. The first-order chi connectivity index (χ1) is 7.16. The van der Waals surface area contributed by atoms with Gasteiger partial charge in [0.2, 0.25) is 0 Å². The average Bonchev–Trinajstić information content (AvgIpc) is 2.15. The molecule has 15 heavy (non-hydrogen) atoms. The monoisotopic (exact) mass is 204 g/mol. The highest BCUT2D eigenvalue weighted by molar-refractivity contribution is 5.94. The van der Waals surface area contributed by atoms with E-state index in [9.17, 15) is 4.79 Å². The summed E-state index contributed by atoms with van der Waals surface area (Å²) in [6.45, 7) is 5.84. The summed E-state index contributed by atoms with van der Waals surface area (Å²) in [5, 5.41) is 6.10. The maximum atomic E-state index is 11.8. The van der Waals surface area contributed by atoms with Gasteiger partial charge in [-0.15, -0.1) is 0 Å². The molecule has 1 amide bonds. The largest absolute Gasteiger partial charge is 0.347 e. The Labute approximate surface area is 89.9 Å². The van der Waals surface area contributed by atoms with E-state index in [1.165, 1.54) is 5.56 Å². The van der Waals surface area contributed by atoms with E-state index in [0.29, 0.717) is 6.04 Å². The van der Waals surface area contributed by atoms with Crippen molar-refractivity contribution in [2.75, 3.05) is 13.1 Å². The van der Waals surface area contributed by atoms with Gasteiger partial charge in [-0.05, 0) is 37.1 Å². The standard InChI is InChI=1S/C12H16N2O/c1-8-3-4-10(5-9(8)2)12(15)14-11-6-13-7-11/h3-5,11,13H,6-7H2,1-2H3,(H,14,15). The summed E-state index contributed by atoms with van der Waals surface area (Å²) >= 11 is 0. The van der Waals surface area contributed by atoms with Crippen molar-refractivity contribution in [2.24, 2.45) is 0 Å². The van der Waals surface area contributed by atoms with Gasteiger partial charge >= 0.3 is 0 Å². The van der Waals surface area contributed by atoms with Crippen LogP contribution >= 0.6 is 0 Å². The Morgan fingerprint density at radius 1 is 1.33 bits per heavy atom. The maximum Gasteiger partial charge on any atom is 0.251 e. The van der Waals surface area contributed by atoms with Crippen molar-refractivity contribution in [3.8, 4) is 0 Å². The van der Waals surface area contributed by atoms with Crippen LogP contribution in [0.3, 0.4) is 0 Å². The van der Waals surface area contributed by atoms with Crippen molar-refractivity contribution in [1.82, 2.24) is 10.6 Å². The summed E-state index contributed by atoms with van der Waals surface area (Å²) in [6.07, 6.45) is 0. The molecular weight excluding hydrogens is 188 g/mol. The minimum atomic E-state index is 0.0320. The fourth-order valence-electron chi connectivity index (χ4n) is 1.54. The number of nitrogens with one attached hydrogen (secondary N) is 2. The highest BCUT2D eigenvalue weighted by Gasteiger charge is 2.19. The van der Waals surface area contributed by atoms with Gasteiger partial charge in [0.15, 0.2) is 0 Å². The molecule has 1 aromatic carbocycles. The molecule has 2 N–H and O–H groups in total. The van der Waals surface area contributed by atoms with Crippen molar-refractivity contribution < 1.29 is 4.79 Å². The van der Waals surface area contributed by atoms with Gasteiger partial charge in [-0.25, -0.2) is 0 Å². The lowest BCUT2D eigenvalue weighted by atomic mass is 10.1. The fourth-order valence-corrected chi connectivity index (χ4v) is 1.54. The highest BCUT2D eigenvalue weighted by atomic mass is 16.1. The third kappa shape index (κ3) is 2.18. The molecule has 1 saturated heterocycles. The van der Waals surface area contributed by atoms with Gasteiger partial charge < -0.3 is 10.6 Å². The second-order valence-corrected chi connectivity index (χ2v) is 4.13. The van der Waals surface area contributed by atoms with Gasteiger partial charge in [0.1, 0.15) is 0 Å². The lowest BCUT2D eigenvalue weighted by Gasteiger charge is -2.28.